The molecule has 0 aliphatic carbocycles. The van der Waals surface area contributed by atoms with Crippen LogP contribution in [0.5, 0.6) is 0 Å². The largest absolute Gasteiger partial charge is 0.396 e. The first-order chi connectivity index (χ1) is 8.11. The molecule has 0 atom stereocenters. The first-order valence-electron chi connectivity index (χ1n) is 5.40. The fraction of sp³-hybridized carbons (Fsp3) is 0.250. The molecular weight excluding hydrogens is 302 g/mol. The molecule has 0 saturated heterocycles. The van der Waals surface area contributed by atoms with Crippen molar-refractivity contribution in [2.75, 3.05) is 5.73 Å². The second kappa shape index (κ2) is 5.10. The average molecular weight is 315 g/mol. The Morgan fingerprint density at radius 1 is 1.47 bits per heavy atom. The molecule has 0 aliphatic heterocycles. The molecular formula is C12H13BrClN3. The van der Waals surface area contributed by atoms with Gasteiger partial charge in [-0.05, 0) is 18.6 Å². The monoisotopic (exact) mass is 313 g/mol. The normalized spacial score (nSPS) is 10.8. The van der Waals surface area contributed by atoms with E-state index in [2.05, 4.69) is 28.0 Å². The van der Waals surface area contributed by atoms with E-state index >= 15 is 0 Å². The van der Waals surface area contributed by atoms with Crippen molar-refractivity contribution < 1.29 is 0 Å². The van der Waals surface area contributed by atoms with Gasteiger partial charge in [-0.1, -0.05) is 40.5 Å². The molecule has 5 heteroatoms. The Balaban J connectivity index is 2.45. The van der Waals surface area contributed by atoms with Gasteiger partial charge in [-0.3, -0.25) is 4.68 Å². The van der Waals surface area contributed by atoms with Gasteiger partial charge in [0.25, 0.3) is 0 Å². The molecule has 1 aromatic heterocycles. The molecule has 1 aromatic carbocycles. The summed E-state index contributed by atoms with van der Waals surface area (Å²) in [4.78, 5) is 0. The summed E-state index contributed by atoms with van der Waals surface area (Å²) < 4.78 is 2.79. The van der Waals surface area contributed by atoms with Crippen LogP contribution >= 0.6 is 27.5 Å². The summed E-state index contributed by atoms with van der Waals surface area (Å²) in [6, 6.07) is 5.69. The third kappa shape index (κ3) is 2.64. The molecule has 2 N–H and O–H groups in total. The molecule has 0 radical (unpaired) electrons. The minimum atomic E-state index is 0.646. The Hall–Kier alpha value is -1.00. The topological polar surface area (TPSA) is 43.8 Å². The lowest BCUT2D eigenvalue weighted by Gasteiger charge is -2.02. The summed E-state index contributed by atoms with van der Waals surface area (Å²) in [6.45, 7) is 2.96. The molecule has 2 rings (SSSR count). The van der Waals surface area contributed by atoms with Crippen LogP contribution in [0.15, 0.2) is 28.9 Å². The van der Waals surface area contributed by atoms with E-state index in [9.17, 15) is 0 Å². The van der Waals surface area contributed by atoms with Crippen molar-refractivity contribution >= 4 is 33.2 Å². The number of aromatic nitrogens is 2. The van der Waals surface area contributed by atoms with Crippen molar-refractivity contribution in [2.24, 2.45) is 0 Å². The maximum Gasteiger partial charge on any atom is 0.117 e. The number of nitrogen functional groups attached to an aromatic ring is 1. The first kappa shape index (κ1) is 12.5. The highest BCUT2D eigenvalue weighted by Gasteiger charge is 2.11. The zero-order valence-electron chi connectivity index (χ0n) is 9.45. The lowest BCUT2D eigenvalue weighted by atomic mass is 10.1. The van der Waals surface area contributed by atoms with Crippen LogP contribution in [-0.4, -0.2) is 9.78 Å². The number of rotatable bonds is 3. The maximum atomic E-state index is 6.19. The molecule has 0 fully saturated rings. The fourth-order valence-electron chi connectivity index (χ4n) is 1.67. The summed E-state index contributed by atoms with van der Waals surface area (Å²) in [5.74, 6) is 0. The summed E-state index contributed by atoms with van der Waals surface area (Å²) in [6.07, 6.45) is 2.87. The molecule has 0 saturated carbocycles. The standard InChI is InChI=1S/C12H13BrClN3/c1-2-5-17-7-11(15)12(16-17)9-4-3-8(13)6-10(9)14/h3-4,6-7H,2,5,15H2,1H3. The predicted octanol–water partition coefficient (Wildman–Crippen LogP) is 3.96. The van der Waals surface area contributed by atoms with Gasteiger partial charge in [-0.15, -0.1) is 0 Å². The van der Waals surface area contributed by atoms with Crippen LogP contribution in [0.4, 0.5) is 5.69 Å². The lowest BCUT2D eigenvalue weighted by molar-refractivity contribution is 0.605. The minimum Gasteiger partial charge on any atom is -0.396 e. The molecule has 0 bridgehead atoms. The van der Waals surface area contributed by atoms with E-state index < -0.39 is 0 Å². The molecule has 90 valence electrons. The van der Waals surface area contributed by atoms with Crippen LogP contribution in [0.2, 0.25) is 5.02 Å². The Morgan fingerprint density at radius 3 is 2.88 bits per heavy atom. The lowest BCUT2D eigenvalue weighted by Crippen LogP contribution is -1.96. The number of halogens is 2. The highest BCUT2D eigenvalue weighted by molar-refractivity contribution is 9.10. The number of anilines is 1. The van der Waals surface area contributed by atoms with Gasteiger partial charge in [0.05, 0.1) is 10.7 Å². The summed E-state index contributed by atoms with van der Waals surface area (Å²) in [5.41, 5.74) is 8.22. The van der Waals surface area contributed by atoms with Gasteiger partial charge >= 0.3 is 0 Å². The quantitative estimate of drug-likeness (QED) is 0.932. The van der Waals surface area contributed by atoms with Crippen molar-refractivity contribution in [3.05, 3.63) is 33.9 Å². The van der Waals surface area contributed by atoms with Gasteiger partial charge in [0.15, 0.2) is 0 Å². The second-order valence-corrected chi connectivity index (χ2v) is 5.14. The molecule has 3 nitrogen and oxygen atoms in total. The van der Waals surface area contributed by atoms with Crippen molar-refractivity contribution in [3.8, 4) is 11.3 Å². The predicted molar refractivity (Wildman–Crippen MR) is 75.1 cm³/mol. The number of hydrogen-bond acceptors (Lipinski definition) is 2. The van der Waals surface area contributed by atoms with Crippen LogP contribution in [0.25, 0.3) is 11.3 Å². The number of hydrogen-bond donors (Lipinski definition) is 1. The van der Waals surface area contributed by atoms with E-state index in [1.807, 2.05) is 29.1 Å². The van der Waals surface area contributed by atoms with Crippen LogP contribution in [-0.2, 0) is 6.54 Å². The highest BCUT2D eigenvalue weighted by Crippen LogP contribution is 2.32. The van der Waals surface area contributed by atoms with Crippen LogP contribution in [0, 0.1) is 0 Å². The van der Waals surface area contributed by atoms with Gasteiger partial charge in [0.1, 0.15) is 5.69 Å². The minimum absolute atomic E-state index is 0.646. The highest BCUT2D eigenvalue weighted by atomic mass is 79.9. The smallest absolute Gasteiger partial charge is 0.117 e. The number of benzene rings is 1. The van der Waals surface area contributed by atoms with E-state index in [0.29, 0.717) is 10.7 Å². The maximum absolute atomic E-state index is 6.19. The van der Waals surface area contributed by atoms with E-state index in [4.69, 9.17) is 17.3 Å². The Morgan fingerprint density at radius 2 is 2.24 bits per heavy atom. The molecule has 0 amide bonds. The SMILES string of the molecule is CCCn1cc(N)c(-c2ccc(Br)cc2Cl)n1. The molecule has 1 heterocycles. The van der Waals surface area contributed by atoms with Crippen LogP contribution in [0.1, 0.15) is 13.3 Å². The Labute approximate surface area is 114 Å². The average Bonchev–Trinajstić information content (AvgIpc) is 2.60. The summed E-state index contributed by atoms with van der Waals surface area (Å²) in [7, 11) is 0. The van der Waals surface area contributed by atoms with Crippen molar-refractivity contribution in [2.45, 2.75) is 19.9 Å². The first-order valence-corrected chi connectivity index (χ1v) is 6.57. The van der Waals surface area contributed by atoms with Crippen molar-refractivity contribution in [1.29, 1.82) is 0 Å². The number of nitrogens with zero attached hydrogens (tertiary/aromatic N) is 2. The van der Waals surface area contributed by atoms with Crippen LogP contribution in [0.3, 0.4) is 0 Å². The van der Waals surface area contributed by atoms with Crippen LogP contribution < -0.4 is 5.73 Å². The Kier molecular flexibility index (Phi) is 3.74. The van der Waals surface area contributed by atoms with E-state index in [-0.39, 0.29) is 0 Å². The molecule has 0 unspecified atom stereocenters. The molecule has 2 aromatic rings. The Bertz CT molecular complexity index is 537. The zero-order valence-corrected chi connectivity index (χ0v) is 11.8. The summed E-state index contributed by atoms with van der Waals surface area (Å²) in [5, 5.41) is 5.10. The molecule has 0 spiro atoms. The van der Waals surface area contributed by atoms with Crippen molar-refractivity contribution in [1.82, 2.24) is 9.78 Å². The van der Waals surface area contributed by atoms with Crippen molar-refractivity contribution in [3.63, 3.8) is 0 Å². The molecule has 0 aliphatic rings. The number of nitrogens with two attached hydrogens (primary N) is 1. The van der Waals surface area contributed by atoms with Gasteiger partial charge in [-0.2, -0.15) is 5.10 Å². The number of aryl methyl sites for hydroxylation is 1. The third-order valence-electron chi connectivity index (χ3n) is 2.43. The molecule has 17 heavy (non-hydrogen) atoms. The van der Waals surface area contributed by atoms with Gasteiger partial charge in [-0.25, -0.2) is 0 Å². The van der Waals surface area contributed by atoms with E-state index in [1.165, 1.54) is 0 Å². The van der Waals surface area contributed by atoms with Gasteiger partial charge in [0, 0.05) is 22.8 Å². The third-order valence-corrected chi connectivity index (χ3v) is 3.23. The van der Waals surface area contributed by atoms with Gasteiger partial charge < -0.3 is 5.73 Å². The zero-order chi connectivity index (χ0) is 12.4. The van der Waals surface area contributed by atoms with E-state index in [1.54, 1.807) is 0 Å². The summed E-state index contributed by atoms with van der Waals surface area (Å²) >= 11 is 9.56. The second-order valence-electron chi connectivity index (χ2n) is 3.82. The van der Waals surface area contributed by atoms with E-state index in [0.717, 1.165) is 28.7 Å². The van der Waals surface area contributed by atoms with Gasteiger partial charge in [0.2, 0.25) is 0 Å². The fourth-order valence-corrected chi connectivity index (χ4v) is 2.43.